The van der Waals surface area contributed by atoms with Gasteiger partial charge in [0.2, 0.25) is 0 Å². The molecule has 10 heteroatoms. The van der Waals surface area contributed by atoms with Gasteiger partial charge >= 0.3 is 0 Å². The molecular weight excluding hydrogens is 398 g/mol. The highest BCUT2D eigenvalue weighted by Gasteiger charge is 2.17. The molecule has 0 bridgehead atoms. The van der Waals surface area contributed by atoms with Crippen molar-refractivity contribution in [3.8, 4) is 0 Å². The molecule has 0 unspecified atom stereocenters. The van der Waals surface area contributed by atoms with Gasteiger partial charge in [0.1, 0.15) is 0 Å². The fourth-order valence-corrected chi connectivity index (χ4v) is 4.13. The molecule has 3 rings (SSSR count). The van der Waals surface area contributed by atoms with Gasteiger partial charge in [-0.1, -0.05) is 23.7 Å². The predicted octanol–water partition coefficient (Wildman–Crippen LogP) is 2.77. The maximum Gasteiger partial charge on any atom is 0.264 e. The number of aromatic nitrogens is 2. The minimum atomic E-state index is -4.05. The van der Waals surface area contributed by atoms with Crippen molar-refractivity contribution in [3.63, 3.8) is 0 Å². The van der Waals surface area contributed by atoms with Crippen molar-refractivity contribution >= 4 is 55.7 Å². The van der Waals surface area contributed by atoms with E-state index in [-0.39, 0.29) is 15.8 Å². The first-order valence-electron chi connectivity index (χ1n) is 7.25. The number of fused-ring (bicyclic) bond motifs is 1. The van der Waals surface area contributed by atoms with E-state index in [1.165, 1.54) is 48.6 Å². The van der Waals surface area contributed by atoms with Crippen molar-refractivity contribution in [2.24, 2.45) is 0 Å². The van der Waals surface area contributed by atoms with Crippen LogP contribution in [0.1, 0.15) is 23.0 Å². The van der Waals surface area contributed by atoms with Crippen LogP contribution in [0.25, 0.3) is 11.0 Å². The Morgan fingerprint density at radius 1 is 1.27 bits per heavy atom. The lowest BCUT2D eigenvalue weighted by Crippen LogP contribution is -2.29. The van der Waals surface area contributed by atoms with Gasteiger partial charge in [0, 0.05) is 23.2 Å². The van der Waals surface area contributed by atoms with Crippen LogP contribution in [0.5, 0.6) is 0 Å². The molecule has 0 aliphatic rings. The summed E-state index contributed by atoms with van der Waals surface area (Å²) in [5.74, 6) is -1.01. The first kappa shape index (κ1) is 18.3. The van der Waals surface area contributed by atoms with E-state index in [4.69, 9.17) is 11.6 Å². The molecule has 0 fully saturated rings. The van der Waals surface area contributed by atoms with Gasteiger partial charge in [0.25, 0.3) is 15.9 Å². The third-order valence-electron chi connectivity index (χ3n) is 3.45. The number of hydrogen-bond acceptors (Lipinski definition) is 6. The number of carbonyl (C=O) groups excluding carboxylic acids is 2. The van der Waals surface area contributed by atoms with Gasteiger partial charge in [-0.3, -0.25) is 14.0 Å². The van der Waals surface area contributed by atoms with Gasteiger partial charge in [-0.25, -0.2) is 18.1 Å². The summed E-state index contributed by atoms with van der Waals surface area (Å²) in [6, 6.07) is 5.30. The Labute approximate surface area is 158 Å². The normalized spacial score (nSPS) is 11.9. The van der Waals surface area contributed by atoms with Gasteiger partial charge < -0.3 is 0 Å². The summed E-state index contributed by atoms with van der Waals surface area (Å²) >= 11 is 7.39. The first-order valence-corrected chi connectivity index (χ1v) is 9.99. The van der Waals surface area contributed by atoms with Gasteiger partial charge in [0.05, 0.1) is 10.6 Å². The molecule has 134 valence electrons. The number of amides is 1. The standard InChI is InChI=1S/C16H12ClN3O4S2/c1-10(21)11-2-4-12(5-3-11)26(23,24)19-14(22)7-6-13-15(17)18-16-20(13)8-9-25-16/h2-9H,1H3,(H,19,22)/b7-6+. The summed E-state index contributed by atoms with van der Waals surface area (Å²) in [6.07, 6.45) is 4.19. The molecule has 0 aliphatic carbocycles. The van der Waals surface area contributed by atoms with Crippen LogP contribution in [0.4, 0.5) is 0 Å². The quantitative estimate of drug-likeness (QED) is 0.516. The number of rotatable bonds is 5. The average Bonchev–Trinajstić information content (AvgIpc) is 3.13. The van der Waals surface area contributed by atoms with Crippen molar-refractivity contribution in [2.45, 2.75) is 11.8 Å². The molecule has 0 saturated heterocycles. The number of Topliss-reactive ketones (excluding diaryl/α,β-unsaturated/α-hetero) is 1. The molecule has 0 spiro atoms. The number of imidazole rings is 1. The highest BCUT2D eigenvalue weighted by Crippen LogP contribution is 2.22. The largest absolute Gasteiger partial charge is 0.295 e. The van der Waals surface area contributed by atoms with Crippen LogP contribution in [-0.4, -0.2) is 29.5 Å². The first-order chi connectivity index (χ1) is 12.3. The molecule has 7 nitrogen and oxygen atoms in total. The zero-order valence-corrected chi connectivity index (χ0v) is 15.7. The number of nitrogens with one attached hydrogen (secondary N) is 1. The number of hydrogen-bond donors (Lipinski definition) is 1. The molecule has 0 atom stereocenters. The van der Waals surface area contributed by atoms with Gasteiger partial charge in [-0.2, -0.15) is 0 Å². The fourth-order valence-electron chi connectivity index (χ4n) is 2.17. The molecule has 2 aromatic heterocycles. The topological polar surface area (TPSA) is 97.6 Å². The van der Waals surface area contributed by atoms with Crippen molar-refractivity contribution in [1.29, 1.82) is 0 Å². The van der Waals surface area contributed by atoms with Crippen LogP contribution >= 0.6 is 22.9 Å². The second kappa shape index (κ2) is 7.02. The molecule has 26 heavy (non-hydrogen) atoms. The molecule has 3 aromatic rings. The lowest BCUT2D eigenvalue weighted by Gasteiger charge is -2.05. The predicted molar refractivity (Wildman–Crippen MR) is 98.9 cm³/mol. The number of ketones is 1. The average molecular weight is 410 g/mol. The van der Waals surface area contributed by atoms with Crippen molar-refractivity contribution in [2.75, 3.05) is 0 Å². The summed E-state index contributed by atoms with van der Waals surface area (Å²) in [7, 11) is -4.05. The molecular formula is C16H12ClN3O4S2. The Kier molecular flexibility index (Phi) is 4.94. The zero-order chi connectivity index (χ0) is 18.9. The monoisotopic (exact) mass is 409 g/mol. The van der Waals surface area contributed by atoms with E-state index in [2.05, 4.69) is 4.98 Å². The minimum Gasteiger partial charge on any atom is -0.295 e. The number of carbonyl (C=O) groups is 2. The second-order valence-electron chi connectivity index (χ2n) is 5.23. The number of nitrogens with zero attached hydrogens (tertiary/aromatic N) is 2. The van der Waals surface area contributed by atoms with E-state index >= 15 is 0 Å². The third kappa shape index (κ3) is 3.69. The van der Waals surface area contributed by atoms with Crippen LogP contribution in [0.3, 0.4) is 0 Å². The van der Waals surface area contributed by atoms with Crippen LogP contribution in [-0.2, 0) is 14.8 Å². The molecule has 1 N–H and O–H groups in total. The molecule has 1 aromatic carbocycles. The Morgan fingerprint density at radius 2 is 1.96 bits per heavy atom. The number of benzene rings is 1. The van der Waals surface area contributed by atoms with Gasteiger partial charge in [-0.15, -0.1) is 11.3 Å². The highest BCUT2D eigenvalue weighted by molar-refractivity contribution is 7.90. The van der Waals surface area contributed by atoms with E-state index < -0.39 is 15.9 Å². The number of halogens is 1. The van der Waals surface area contributed by atoms with Crippen LogP contribution in [0.2, 0.25) is 5.15 Å². The summed E-state index contributed by atoms with van der Waals surface area (Å²) < 4.78 is 28.1. The molecule has 0 radical (unpaired) electrons. The third-order valence-corrected chi connectivity index (χ3v) is 5.85. The van der Waals surface area contributed by atoms with E-state index in [0.717, 1.165) is 6.08 Å². The highest BCUT2D eigenvalue weighted by atomic mass is 35.5. The van der Waals surface area contributed by atoms with Crippen molar-refractivity contribution < 1.29 is 18.0 Å². The van der Waals surface area contributed by atoms with Crippen LogP contribution in [0, 0.1) is 0 Å². The maximum atomic E-state index is 12.2. The van der Waals surface area contributed by atoms with E-state index in [0.29, 0.717) is 16.2 Å². The van der Waals surface area contributed by atoms with Gasteiger partial charge in [-0.05, 0) is 25.1 Å². The SMILES string of the molecule is CC(=O)c1ccc(S(=O)(=O)NC(=O)/C=C/c2c(Cl)nc3sccn23)cc1. The summed E-state index contributed by atoms with van der Waals surface area (Å²) in [4.78, 5) is 27.9. The maximum absolute atomic E-state index is 12.2. The van der Waals surface area contributed by atoms with Gasteiger partial charge in [0.15, 0.2) is 15.9 Å². The fraction of sp³-hybridized carbons (Fsp3) is 0.0625. The summed E-state index contributed by atoms with van der Waals surface area (Å²) in [5, 5.41) is 2.02. The Balaban J connectivity index is 1.77. The lowest BCUT2D eigenvalue weighted by molar-refractivity contribution is -0.114. The number of sulfonamides is 1. The lowest BCUT2D eigenvalue weighted by atomic mass is 10.2. The zero-order valence-electron chi connectivity index (χ0n) is 13.3. The Hall–Kier alpha value is -2.49. The number of thiazole rings is 1. The van der Waals surface area contributed by atoms with E-state index in [1.54, 1.807) is 10.6 Å². The van der Waals surface area contributed by atoms with E-state index in [9.17, 15) is 18.0 Å². The molecule has 0 aliphatic heterocycles. The summed E-state index contributed by atoms with van der Waals surface area (Å²) in [5.41, 5.74) is 0.853. The molecule has 2 heterocycles. The minimum absolute atomic E-state index is 0.119. The van der Waals surface area contributed by atoms with Crippen molar-refractivity contribution in [3.05, 3.63) is 58.3 Å². The second-order valence-corrected chi connectivity index (χ2v) is 8.14. The molecule has 1 amide bonds. The molecule has 0 saturated carbocycles. The smallest absolute Gasteiger partial charge is 0.264 e. The van der Waals surface area contributed by atoms with E-state index in [1.807, 2.05) is 10.1 Å². The van der Waals surface area contributed by atoms with Crippen molar-refractivity contribution in [1.82, 2.24) is 14.1 Å². The Morgan fingerprint density at radius 3 is 2.62 bits per heavy atom. The summed E-state index contributed by atoms with van der Waals surface area (Å²) in [6.45, 7) is 1.38. The van der Waals surface area contributed by atoms with Crippen LogP contribution in [0.15, 0.2) is 46.8 Å². The van der Waals surface area contributed by atoms with Crippen LogP contribution < -0.4 is 4.72 Å². The Bertz CT molecular complexity index is 1130.